The van der Waals surface area contributed by atoms with Crippen LogP contribution >= 0.6 is 0 Å². The molecule has 0 saturated heterocycles. The van der Waals surface area contributed by atoms with Crippen molar-refractivity contribution in [2.75, 3.05) is 14.2 Å². The number of carbonyl (C=O) groups is 2. The normalized spacial score (nSPS) is 26.1. The number of hydrogen-bond donors (Lipinski definition) is 1. The molecule has 1 heterocycles. The zero-order chi connectivity index (χ0) is 16.7. The minimum atomic E-state index is -1.11. The lowest BCUT2D eigenvalue weighted by molar-refractivity contribution is -0.198. The van der Waals surface area contributed by atoms with Crippen LogP contribution in [0.1, 0.15) is 48.0 Å². The predicted molar refractivity (Wildman–Crippen MR) is 80.9 cm³/mol. The minimum Gasteiger partial charge on any atom is -0.477 e. The van der Waals surface area contributed by atoms with E-state index in [2.05, 4.69) is 18.8 Å². The Kier molecular flexibility index (Phi) is 4.00. The summed E-state index contributed by atoms with van der Waals surface area (Å²) in [6.07, 6.45) is 2.07. The quantitative estimate of drug-likeness (QED) is 0.921. The second-order valence-electron chi connectivity index (χ2n) is 6.53. The van der Waals surface area contributed by atoms with Gasteiger partial charge in [0.15, 0.2) is 0 Å². The number of ether oxygens (including phenoxy) is 1. The van der Waals surface area contributed by atoms with E-state index in [-0.39, 0.29) is 28.7 Å². The third kappa shape index (κ3) is 2.37. The third-order valence-electron chi connectivity index (χ3n) is 5.25. The maximum absolute atomic E-state index is 12.5. The van der Waals surface area contributed by atoms with Gasteiger partial charge in [0.1, 0.15) is 5.69 Å². The second-order valence-corrected chi connectivity index (χ2v) is 6.53. The molecule has 1 N–H and O–H groups in total. The smallest absolute Gasteiger partial charge is 0.354 e. The van der Waals surface area contributed by atoms with Crippen molar-refractivity contribution in [1.29, 1.82) is 0 Å². The van der Waals surface area contributed by atoms with Gasteiger partial charge in [0.25, 0.3) is 5.91 Å². The Morgan fingerprint density at radius 3 is 2.41 bits per heavy atom. The van der Waals surface area contributed by atoms with Crippen molar-refractivity contribution in [2.45, 2.75) is 38.8 Å². The van der Waals surface area contributed by atoms with Crippen molar-refractivity contribution in [3.8, 4) is 0 Å². The summed E-state index contributed by atoms with van der Waals surface area (Å²) in [5.41, 5.74) is -0.109. The molecule has 2 unspecified atom stereocenters. The van der Waals surface area contributed by atoms with Crippen LogP contribution < -0.4 is 0 Å². The van der Waals surface area contributed by atoms with Gasteiger partial charge in [0, 0.05) is 31.8 Å². The number of methoxy groups -OCH3 is 1. The SMILES string of the molecule is COC1(C)CC(N(C)C(=O)c2ccc(C(=O)O)nc2)C1(C)C. The summed E-state index contributed by atoms with van der Waals surface area (Å²) in [5.74, 6) is -1.27. The summed E-state index contributed by atoms with van der Waals surface area (Å²) in [7, 11) is 3.45. The molecule has 0 spiro atoms. The molecule has 120 valence electrons. The van der Waals surface area contributed by atoms with Crippen molar-refractivity contribution < 1.29 is 19.4 Å². The summed E-state index contributed by atoms with van der Waals surface area (Å²) in [4.78, 5) is 28.8. The van der Waals surface area contributed by atoms with Gasteiger partial charge in [0.2, 0.25) is 0 Å². The van der Waals surface area contributed by atoms with Crippen molar-refractivity contribution in [1.82, 2.24) is 9.88 Å². The Morgan fingerprint density at radius 1 is 1.36 bits per heavy atom. The highest BCUT2D eigenvalue weighted by atomic mass is 16.5. The first-order chi connectivity index (χ1) is 10.1. The van der Waals surface area contributed by atoms with E-state index in [0.717, 1.165) is 6.42 Å². The molecule has 0 aliphatic heterocycles. The summed E-state index contributed by atoms with van der Waals surface area (Å²) < 4.78 is 5.58. The van der Waals surface area contributed by atoms with Gasteiger partial charge in [-0.2, -0.15) is 0 Å². The fourth-order valence-corrected chi connectivity index (χ4v) is 3.07. The van der Waals surface area contributed by atoms with Crippen LogP contribution in [-0.4, -0.2) is 52.7 Å². The van der Waals surface area contributed by atoms with E-state index < -0.39 is 5.97 Å². The summed E-state index contributed by atoms with van der Waals surface area (Å²) in [6, 6.07) is 2.90. The summed E-state index contributed by atoms with van der Waals surface area (Å²) in [5, 5.41) is 8.84. The molecule has 1 aliphatic carbocycles. The molecule has 1 saturated carbocycles. The van der Waals surface area contributed by atoms with Gasteiger partial charge in [-0.15, -0.1) is 0 Å². The lowest BCUT2D eigenvalue weighted by Crippen LogP contribution is -2.68. The molecule has 22 heavy (non-hydrogen) atoms. The lowest BCUT2D eigenvalue weighted by atomic mass is 9.55. The topological polar surface area (TPSA) is 79.7 Å². The molecule has 6 heteroatoms. The number of rotatable bonds is 4. The molecular weight excluding hydrogens is 284 g/mol. The van der Waals surface area contributed by atoms with Crippen molar-refractivity contribution in [3.63, 3.8) is 0 Å². The summed E-state index contributed by atoms with van der Waals surface area (Å²) >= 11 is 0. The van der Waals surface area contributed by atoms with Gasteiger partial charge < -0.3 is 14.7 Å². The van der Waals surface area contributed by atoms with E-state index in [1.165, 1.54) is 18.3 Å². The Labute approximate surface area is 130 Å². The number of carbonyl (C=O) groups excluding carboxylic acids is 1. The van der Waals surface area contributed by atoms with Crippen LogP contribution in [0.3, 0.4) is 0 Å². The molecule has 1 aromatic heterocycles. The number of amides is 1. The van der Waals surface area contributed by atoms with Crippen molar-refractivity contribution >= 4 is 11.9 Å². The maximum Gasteiger partial charge on any atom is 0.354 e. The number of aromatic nitrogens is 1. The molecular formula is C16H22N2O4. The Hall–Kier alpha value is -1.95. The average molecular weight is 306 g/mol. The fourth-order valence-electron chi connectivity index (χ4n) is 3.07. The van der Waals surface area contributed by atoms with E-state index in [1.54, 1.807) is 19.1 Å². The first-order valence-electron chi connectivity index (χ1n) is 7.15. The molecule has 0 radical (unpaired) electrons. The maximum atomic E-state index is 12.5. The number of carboxylic acids is 1. The van der Waals surface area contributed by atoms with E-state index in [1.807, 2.05) is 6.92 Å². The first-order valence-corrected chi connectivity index (χ1v) is 7.15. The second kappa shape index (κ2) is 5.35. The van der Waals surface area contributed by atoms with E-state index in [9.17, 15) is 9.59 Å². The third-order valence-corrected chi connectivity index (χ3v) is 5.25. The molecule has 1 amide bonds. The number of nitrogens with zero attached hydrogens (tertiary/aromatic N) is 2. The van der Waals surface area contributed by atoms with E-state index >= 15 is 0 Å². The van der Waals surface area contributed by atoms with Crippen LogP contribution in [0.4, 0.5) is 0 Å². The van der Waals surface area contributed by atoms with Gasteiger partial charge in [-0.3, -0.25) is 4.79 Å². The molecule has 2 rings (SSSR count). The summed E-state index contributed by atoms with van der Waals surface area (Å²) in [6.45, 7) is 6.21. The zero-order valence-electron chi connectivity index (χ0n) is 13.6. The van der Waals surface area contributed by atoms with Crippen LogP contribution in [0.15, 0.2) is 18.3 Å². The number of pyridine rings is 1. The van der Waals surface area contributed by atoms with Gasteiger partial charge in [-0.1, -0.05) is 13.8 Å². The van der Waals surface area contributed by atoms with Crippen molar-refractivity contribution in [3.05, 3.63) is 29.6 Å². The van der Waals surface area contributed by atoms with Crippen LogP contribution in [0.25, 0.3) is 0 Å². The predicted octanol–water partition coefficient (Wildman–Crippen LogP) is 2.06. The molecule has 1 aromatic rings. The molecule has 0 bridgehead atoms. The fraction of sp³-hybridized carbons (Fsp3) is 0.562. The Bertz CT molecular complexity index is 597. The van der Waals surface area contributed by atoms with Gasteiger partial charge in [0.05, 0.1) is 11.2 Å². The largest absolute Gasteiger partial charge is 0.477 e. The first kappa shape index (κ1) is 16.4. The van der Waals surface area contributed by atoms with Crippen LogP contribution in [0.2, 0.25) is 0 Å². The lowest BCUT2D eigenvalue weighted by Gasteiger charge is -2.61. The monoisotopic (exact) mass is 306 g/mol. The van der Waals surface area contributed by atoms with Crippen LogP contribution in [0, 0.1) is 5.41 Å². The molecule has 6 nitrogen and oxygen atoms in total. The standard InChI is InChI=1S/C16H22N2O4/c1-15(2)12(8-16(15,3)22-5)18(4)13(19)10-6-7-11(14(20)21)17-9-10/h6-7,9,12H,8H2,1-5H3,(H,20,21). The number of carboxylic acid groups (broad SMARTS) is 1. The van der Waals surface area contributed by atoms with Gasteiger partial charge >= 0.3 is 5.97 Å². The van der Waals surface area contributed by atoms with E-state index in [0.29, 0.717) is 5.56 Å². The van der Waals surface area contributed by atoms with Gasteiger partial charge in [-0.05, 0) is 25.5 Å². The average Bonchev–Trinajstić information content (AvgIpc) is 2.50. The zero-order valence-corrected chi connectivity index (χ0v) is 13.6. The Balaban J connectivity index is 2.15. The molecule has 2 atom stereocenters. The highest BCUT2D eigenvalue weighted by Gasteiger charge is 2.59. The van der Waals surface area contributed by atoms with Gasteiger partial charge in [-0.25, -0.2) is 9.78 Å². The molecule has 1 fully saturated rings. The van der Waals surface area contributed by atoms with Crippen LogP contribution in [0.5, 0.6) is 0 Å². The number of hydrogen-bond acceptors (Lipinski definition) is 4. The molecule has 1 aliphatic rings. The molecule has 0 aromatic carbocycles. The highest BCUT2D eigenvalue weighted by Crippen LogP contribution is 2.53. The number of aromatic carboxylic acids is 1. The van der Waals surface area contributed by atoms with Crippen molar-refractivity contribution in [2.24, 2.45) is 5.41 Å². The van der Waals surface area contributed by atoms with E-state index in [4.69, 9.17) is 9.84 Å². The highest BCUT2D eigenvalue weighted by molar-refractivity contribution is 5.95. The Morgan fingerprint density at radius 2 is 2.00 bits per heavy atom. The minimum absolute atomic E-state index is 0.0594. The van der Waals surface area contributed by atoms with Crippen LogP contribution in [-0.2, 0) is 4.74 Å².